The van der Waals surface area contributed by atoms with Crippen molar-refractivity contribution in [1.82, 2.24) is 15.1 Å². The summed E-state index contributed by atoms with van der Waals surface area (Å²) in [5, 5.41) is 7.97. The topological polar surface area (TPSA) is 79.5 Å². The zero-order chi connectivity index (χ0) is 18.5. The van der Waals surface area contributed by atoms with E-state index in [1.54, 1.807) is 9.80 Å². The number of hydrogen-bond donors (Lipinski definition) is 0. The molecule has 0 radical (unpaired) electrons. The minimum Gasteiger partial charge on any atom is -0.414 e. The van der Waals surface area contributed by atoms with E-state index in [-0.39, 0.29) is 17.1 Å². The van der Waals surface area contributed by atoms with E-state index >= 15 is 0 Å². The van der Waals surface area contributed by atoms with Crippen LogP contribution in [0.15, 0.2) is 40.0 Å². The van der Waals surface area contributed by atoms with E-state index in [9.17, 15) is 9.59 Å². The summed E-state index contributed by atoms with van der Waals surface area (Å²) in [5.41, 5.74) is 0.867. The molecule has 1 aromatic carbocycles. The monoisotopic (exact) mass is 374 g/mol. The fourth-order valence-electron chi connectivity index (χ4n) is 2.88. The average Bonchev–Trinajstić information content (AvgIpc) is 3.26. The standard InChI is InChI=1S/C18H22N4O3S/c1-3-22(14-8-5-4-6-9-14)17(24)13(2)26-18-20-19-15(25-18)12-21-11-7-10-16(21)23/h4-6,8-9,13H,3,7,10-12H2,1-2H3. The predicted octanol–water partition coefficient (Wildman–Crippen LogP) is 2.73. The Balaban J connectivity index is 1.61. The molecule has 1 aliphatic rings. The fraction of sp³-hybridized carbons (Fsp3) is 0.444. The molecule has 0 aliphatic carbocycles. The van der Waals surface area contributed by atoms with Crippen LogP contribution in [0.2, 0.25) is 0 Å². The van der Waals surface area contributed by atoms with Crippen LogP contribution in [0.5, 0.6) is 0 Å². The Bertz CT molecular complexity index is 765. The molecule has 0 spiro atoms. The number of rotatable bonds is 7. The van der Waals surface area contributed by atoms with Crippen molar-refractivity contribution in [2.75, 3.05) is 18.0 Å². The number of anilines is 1. The molecule has 0 bridgehead atoms. The van der Waals surface area contributed by atoms with E-state index in [0.29, 0.717) is 30.6 Å². The van der Waals surface area contributed by atoms with Gasteiger partial charge in [-0.15, -0.1) is 10.2 Å². The van der Waals surface area contributed by atoms with E-state index in [1.165, 1.54) is 11.8 Å². The Morgan fingerprint density at radius 1 is 1.35 bits per heavy atom. The Kier molecular flexibility index (Phi) is 5.92. The van der Waals surface area contributed by atoms with Gasteiger partial charge in [-0.25, -0.2) is 0 Å². The highest BCUT2D eigenvalue weighted by atomic mass is 32.2. The molecule has 2 amide bonds. The summed E-state index contributed by atoms with van der Waals surface area (Å²) < 4.78 is 5.61. The highest BCUT2D eigenvalue weighted by Crippen LogP contribution is 2.26. The van der Waals surface area contributed by atoms with Crippen molar-refractivity contribution >= 4 is 29.3 Å². The second-order valence-corrected chi connectivity index (χ2v) is 7.35. The molecule has 8 heteroatoms. The van der Waals surface area contributed by atoms with Crippen LogP contribution in [0.3, 0.4) is 0 Å². The van der Waals surface area contributed by atoms with Gasteiger partial charge in [-0.3, -0.25) is 9.59 Å². The molecule has 138 valence electrons. The number of thioether (sulfide) groups is 1. The van der Waals surface area contributed by atoms with Crippen molar-refractivity contribution in [1.29, 1.82) is 0 Å². The number of hydrogen-bond acceptors (Lipinski definition) is 6. The van der Waals surface area contributed by atoms with E-state index in [0.717, 1.165) is 18.7 Å². The maximum Gasteiger partial charge on any atom is 0.277 e. The lowest BCUT2D eigenvalue weighted by atomic mass is 10.2. The van der Waals surface area contributed by atoms with Crippen LogP contribution >= 0.6 is 11.8 Å². The van der Waals surface area contributed by atoms with Gasteiger partial charge in [-0.1, -0.05) is 30.0 Å². The molecular formula is C18H22N4O3S. The summed E-state index contributed by atoms with van der Waals surface area (Å²) >= 11 is 1.23. The van der Waals surface area contributed by atoms with Gasteiger partial charge in [-0.05, 0) is 32.4 Å². The Morgan fingerprint density at radius 2 is 2.12 bits per heavy atom. The van der Waals surface area contributed by atoms with Crippen LogP contribution in [0.1, 0.15) is 32.6 Å². The molecule has 2 aromatic rings. The van der Waals surface area contributed by atoms with Crippen LogP contribution in [0, 0.1) is 0 Å². The van der Waals surface area contributed by atoms with Crippen molar-refractivity contribution in [3.05, 3.63) is 36.2 Å². The lowest BCUT2D eigenvalue weighted by Gasteiger charge is -2.23. The number of nitrogens with zero attached hydrogens (tertiary/aromatic N) is 4. The van der Waals surface area contributed by atoms with Gasteiger partial charge in [0, 0.05) is 25.2 Å². The van der Waals surface area contributed by atoms with E-state index < -0.39 is 0 Å². The van der Waals surface area contributed by atoms with Crippen molar-refractivity contribution < 1.29 is 14.0 Å². The Hall–Kier alpha value is -2.35. The molecule has 7 nitrogen and oxygen atoms in total. The molecule has 1 fully saturated rings. The first-order valence-electron chi connectivity index (χ1n) is 8.71. The number of para-hydroxylation sites is 1. The second-order valence-electron chi connectivity index (χ2n) is 6.06. The summed E-state index contributed by atoms with van der Waals surface area (Å²) in [6.45, 7) is 5.41. The number of likely N-dealkylation sites (tertiary alicyclic amines) is 1. The average molecular weight is 374 g/mol. The van der Waals surface area contributed by atoms with Gasteiger partial charge < -0.3 is 14.2 Å². The molecule has 1 aromatic heterocycles. The number of carbonyl (C=O) groups is 2. The molecule has 1 atom stereocenters. The minimum absolute atomic E-state index is 0.0156. The molecule has 1 saturated heterocycles. The summed E-state index contributed by atoms with van der Waals surface area (Å²) in [6, 6.07) is 9.57. The van der Waals surface area contributed by atoms with E-state index in [1.807, 2.05) is 44.2 Å². The largest absolute Gasteiger partial charge is 0.414 e. The molecule has 26 heavy (non-hydrogen) atoms. The third-order valence-corrected chi connectivity index (χ3v) is 5.14. The molecule has 1 aliphatic heterocycles. The van der Waals surface area contributed by atoms with Gasteiger partial charge in [0.05, 0.1) is 11.8 Å². The lowest BCUT2D eigenvalue weighted by molar-refractivity contribution is -0.128. The van der Waals surface area contributed by atoms with Crippen molar-refractivity contribution in [2.45, 2.75) is 43.7 Å². The first kappa shape index (κ1) is 18.4. The van der Waals surface area contributed by atoms with Crippen LogP contribution in [-0.4, -0.2) is 45.3 Å². The number of benzene rings is 1. The summed E-state index contributed by atoms with van der Waals surface area (Å²) in [7, 11) is 0. The van der Waals surface area contributed by atoms with Gasteiger partial charge >= 0.3 is 0 Å². The summed E-state index contributed by atoms with van der Waals surface area (Å²) in [6.07, 6.45) is 1.44. The van der Waals surface area contributed by atoms with Crippen LogP contribution in [0.25, 0.3) is 0 Å². The quantitative estimate of drug-likeness (QED) is 0.693. The highest BCUT2D eigenvalue weighted by molar-refractivity contribution is 8.00. The third kappa shape index (κ3) is 4.24. The van der Waals surface area contributed by atoms with Crippen LogP contribution in [0.4, 0.5) is 5.69 Å². The molecule has 0 saturated carbocycles. The first-order valence-corrected chi connectivity index (χ1v) is 9.59. The zero-order valence-electron chi connectivity index (χ0n) is 14.9. The second kappa shape index (κ2) is 8.35. The van der Waals surface area contributed by atoms with E-state index in [2.05, 4.69) is 10.2 Å². The number of amides is 2. The molecule has 3 rings (SSSR count). The number of aromatic nitrogens is 2. The van der Waals surface area contributed by atoms with Gasteiger partial charge in [0.2, 0.25) is 17.7 Å². The van der Waals surface area contributed by atoms with Gasteiger partial charge in [0.1, 0.15) is 0 Å². The normalized spacial score (nSPS) is 15.3. The third-order valence-electron chi connectivity index (χ3n) is 4.22. The summed E-state index contributed by atoms with van der Waals surface area (Å²) in [4.78, 5) is 27.9. The smallest absolute Gasteiger partial charge is 0.277 e. The Morgan fingerprint density at radius 3 is 2.77 bits per heavy atom. The van der Waals surface area contributed by atoms with Crippen molar-refractivity contribution in [3.8, 4) is 0 Å². The molecular weight excluding hydrogens is 352 g/mol. The molecule has 2 heterocycles. The van der Waals surface area contributed by atoms with Crippen molar-refractivity contribution in [3.63, 3.8) is 0 Å². The molecule has 1 unspecified atom stereocenters. The SMILES string of the molecule is CCN(C(=O)C(C)Sc1nnc(CN2CCCC2=O)o1)c1ccccc1. The zero-order valence-corrected chi connectivity index (χ0v) is 15.7. The van der Waals surface area contributed by atoms with Gasteiger partial charge in [-0.2, -0.15) is 0 Å². The maximum atomic E-state index is 12.8. The van der Waals surface area contributed by atoms with Gasteiger partial charge in [0.25, 0.3) is 5.22 Å². The minimum atomic E-state index is -0.364. The lowest BCUT2D eigenvalue weighted by Crippen LogP contribution is -2.36. The van der Waals surface area contributed by atoms with E-state index in [4.69, 9.17) is 4.42 Å². The fourth-order valence-corrected chi connectivity index (χ4v) is 3.64. The molecule has 0 N–H and O–H groups in total. The predicted molar refractivity (Wildman–Crippen MR) is 98.7 cm³/mol. The van der Waals surface area contributed by atoms with Crippen molar-refractivity contribution in [2.24, 2.45) is 0 Å². The maximum absolute atomic E-state index is 12.8. The van der Waals surface area contributed by atoms with Crippen LogP contribution < -0.4 is 4.90 Å². The first-order chi connectivity index (χ1) is 12.6. The Labute approximate surface area is 156 Å². The van der Waals surface area contributed by atoms with Crippen LogP contribution in [-0.2, 0) is 16.1 Å². The van der Waals surface area contributed by atoms with Gasteiger partial charge in [0.15, 0.2) is 0 Å². The number of carbonyl (C=O) groups excluding carboxylic acids is 2. The summed E-state index contributed by atoms with van der Waals surface area (Å²) in [5.74, 6) is 0.498. The highest BCUT2D eigenvalue weighted by Gasteiger charge is 2.25.